The van der Waals surface area contributed by atoms with Gasteiger partial charge in [0.15, 0.2) is 0 Å². The zero-order chi connectivity index (χ0) is 14.8. The topological polar surface area (TPSA) is 29.3 Å². The summed E-state index contributed by atoms with van der Waals surface area (Å²) in [6, 6.07) is 8.69. The molecule has 0 saturated heterocycles. The standard InChI is InChI=1S/C17H27ClN2/c1-13(2)20(11-15-4-5-15)17(3,12-19)10-14-6-8-16(18)9-7-14/h6-9,13,15H,4-5,10-12,19H2,1-3H3. The second kappa shape index (κ2) is 6.46. The van der Waals surface area contributed by atoms with E-state index in [1.165, 1.54) is 24.9 Å². The Morgan fingerprint density at radius 3 is 2.35 bits per heavy atom. The molecule has 1 aliphatic carbocycles. The summed E-state index contributed by atoms with van der Waals surface area (Å²) < 4.78 is 0. The van der Waals surface area contributed by atoms with Crippen LogP contribution in [0, 0.1) is 5.92 Å². The predicted molar refractivity (Wildman–Crippen MR) is 87.2 cm³/mol. The molecule has 3 heteroatoms. The maximum absolute atomic E-state index is 6.15. The Hall–Kier alpha value is -0.570. The molecule has 1 unspecified atom stereocenters. The van der Waals surface area contributed by atoms with Crippen LogP contribution in [0.15, 0.2) is 24.3 Å². The van der Waals surface area contributed by atoms with Crippen LogP contribution in [0.1, 0.15) is 39.2 Å². The molecule has 1 saturated carbocycles. The fourth-order valence-corrected chi connectivity index (χ4v) is 3.09. The van der Waals surface area contributed by atoms with Crippen molar-refractivity contribution >= 4 is 11.6 Å². The van der Waals surface area contributed by atoms with E-state index in [2.05, 4.69) is 37.8 Å². The SMILES string of the molecule is CC(C)N(CC1CC1)C(C)(CN)Cc1ccc(Cl)cc1. The first-order chi connectivity index (χ1) is 9.44. The van der Waals surface area contributed by atoms with E-state index in [4.69, 9.17) is 17.3 Å². The van der Waals surface area contributed by atoms with E-state index >= 15 is 0 Å². The molecular weight excluding hydrogens is 268 g/mol. The third-order valence-electron chi connectivity index (χ3n) is 4.41. The van der Waals surface area contributed by atoms with Crippen molar-refractivity contribution in [3.8, 4) is 0 Å². The normalized spacial score (nSPS) is 18.6. The molecule has 1 aliphatic rings. The molecular formula is C17H27ClN2. The van der Waals surface area contributed by atoms with Gasteiger partial charge in [0.2, 0.25) is 0 Å². The van der Waals surface area contributed by atoms with Crippen molar-refractivity contribution in [2.45, 2.75) is 51.6 Å². The van der Waals surface area contributed by atoms with Crippen molar-refractivity contribution in [2.75, 3.05) is 13.1 Å². The van der Waals surface area contributed by atoms with Crippen LogP contribution in [0.5, 0.6) is 0 Å². The summed E-state index contributed by atoms with van der Waals surface area (Å²) in [5.74, 6) is 0.883. The lowest BCUT2D eigenvalue weighted by atomic mass is 9.89. The minimum absolute atomic E-state index is 0.0184. The minimum Gasteiger partial charge on any atom is -0.329 e. The minimum atomic E-state index is 0.0184. The van der Waals surface area contributed by atoms with Crippen LogP contribution in [0.25, 0.3) is 0 Å². The molecule has 2 nitrogen and oxygen atoms in total. The Labute approximate surface area is 128 Å². The van der Waals surface area contributed by atoms with E-state index in [-0.39, 0.29) is 5.54 Å². The molecule has 2 rings (SSSR count). The van der Waals surface area contributed by atoms with Gasteiger partial charge in [0.05, 0.1) is 0 Å². The molecule has 0 amide bonds. The van der Waals surface area contributed by atoms with Crippen LogP contribution in [-0.2, 0) is 6.42 Å². The average molecular weight is 295 g/mol. The number of hydrogen-bond acceptors (Lipinski definition) is 2. The number of benzene rings is 1. The maximum atomic E-state index is 6.15. The predicted octanol–water partition coefficient (Wildman–Crippen LogP) is 3.72. The van der Waals surface area contributed by atoms with Crippen molar-refractivity contribution in [3.05, 3.63) is 34.9 Å². The molecule has 0 radical (unpaired) electrons. The number of hydrogen-bond donors (Lipinski definition) is 1. The van der Waals surface area contributed by atoms with Crippen molar-refractivity contribution < 1.29 is 0 Å². The average Bonchev–Trinajstić information content (AvgIpc) is 3.22. The maximum Gasteiger partial charge on any atom is 0.0406 e. The lowest BCUT2D eigenvalue weighted by Crippen LogP contribution is -2.56. The van der Waals surface area contributed by atoms with E-state index in [1.54, 1.807) is 0 Å². The zero-order valence-corrected chi connectivity index (χ0v) is 13.7. The van der Waals surface area contributed by atoms with Gasteiger partial charge in [-0.15, -0.1) is 0 Å². The van der Waals surface area contributed by atoms with Gasteiger partial charge in [-0.1, -0.05) is 23.7 Å². The second-order valence-electron chi connectivity index (χ2n) is 6.69. The zero-order valence-electron chi connectivity index (χ0n) is 12.9. The fourth-order valence-electron chi connectivity index (χ4n) is 2.97. The Morgan fingerprint density at radius 1 is 1.30 bits per heavy atom. The summed E-state index contributed by atoms with van der Waals surface area (Å²) in [6.45, 7) is 8.71. The first kappa shape index (κ1) is 15.8. The van der Waals surface area contributed by atoms with Gasteiger partial charge in [0, 0.05) is 29.7 Å². The highest BCUT2D eigenvalue weighted by molar-refractivity contribution is 6.30. The van der Waals surface area contributed by atoms with E-state index in [1.807, 2.05) is 12.1 Å². The Kier molecular flexibility index (Phi) is 5.11. The number of halogens is 1. The molecule has 0 spiro atoms. The van der Waals surface area contributed by atoms with Gasteiger partial charge < -0.3 is 5.73 Å². The van der Waals surface area contributed by atoms with Crippen LogP contribution < -0.4 is 5.73 Å². The Balaban J connectivity index is 2.14. The van der Waals surface area contributed by atoms with Gasteiger partial charge in [-0.25, -0.2) is 0 Å². The van der Waals surface area contributed by atoms with Crippen LogP contribution in [0.3, 0.4) is 0 Å². The van der Waals surface area contributed by atoms with Crippen molar-refractivity contribution in [3.63, 3.8) is 0 Å². The van der Waals surface area contributed by atoms with Crippen LogP contribution in [0.4, 0.5) is 0 Å². The molecule has 1 aromatic carbocycles. The van der Waals surface area contributed by atoms with Crippen LogP contribution in [0.2, 0.25) is 5.02 Å². The van der Waals surface area contributed by atoms with Gasteiger partial charge in [-0.3, -0.25) is 4.90 Å². The monoisotopic (exact) mass is 294 g/mol. The molecule has 0 aliphatic heterocycles. The molecule has 2 N–H and O–H groups in total. The van der Waals surface area contributed by atoms with Gasteiger partial charge in [-0.05, 0) is 63.6 Å². The summed E-state index contributed by atoms with van der Waals surface area (Å²) in [5.41, 5.74) is 7.48. The van der Waals surface area contributed by atoms with Gasteiger partial charge in [0.1, 0.15) is 0 Å². The molecule has 1 atom stereocenters. The summed E-state index contributed by atoms with van der Waals surface area (Å²) in [5, 5.41) is 0.793. The molecule has 1 aromatic rings. The van der Waals surface area contributed by atoms with Gasteiger partial charge >= 0.3 is 0 Å². The smallest absolute Gasteiger partial charge is 0.0406 e. The summed E-state index contributed by atoms with van der Waals surface area (Å²) in [7, 11) is 0. The number of nitrogens with two attached hydrogens (primary N) is 1. The molecule has 0 heterocycles. The first-order valence-corrected chi connectivity index (χ1v) is 8.03. The first-order valence-electron chi connectivity index (χ1n) is 7.66. The highest BCUT2D eigenvalue weighted by Gasteiger charge is 2.36. The van der Waals surface area contributed by atoms with E-state index in [9.17, 15) is 0 Å². The number of nitrogens with zero attached hydrogens (tertiary/aromatic N) is 1. The number of rotatable bonds is 7. The summed E-state index contributed by atoms with van der Waals surface area (Å²) >= 11 is 5.97. The Bertz CT molecular complexity index is 425. The van der Waals surface area contributed by atoms with Crippen molar-refractivity contribution in [2.24, 2.45) is 11.7 Å². The van der Waals surface area contributed by atoms with E-state index in [0.29, 0.717) is 12.6 Å². The summed E-state index contributed by atoms with van der Waals surface area (Å²) in [4.78, 5) is 2.60. The van der Waals surface area contributed by atoms with Gasteiger partial charge in [0.25, 0.3) is 0 Å². The highest BCUT2D eigenvalue weighted by atomic mass is 35.5. The van der Waals surface area contributed by atoms with Crippen molar-refractivity contribution in [1.29, 1.82) is 0 Å². The fraction of sp³-hybridized carbons (Fsp3) is 0.647. The summed E-state index contributed by atoms with van der Waals surface area (Å²) in [6.07, 6.45) is 3.74. The Morgan fingerprint density at radius 2 is 1.90 bits per heavy atom. The molecule has 20 heavy (non-hydrogen) atoms. The van der Waals surface area contributed by atoms with Crippen molar-refractivity contribution in [1.82, 2.24) is 4.90 Å². The molecule has 1 fully saturated rings. The van der Waals surface area contributed by atoms with Gasteiger partial charge in [-0.2, -0.15) is 0 Å². The highest BCUT2D eigenvalue weighted by Crippen LogP contribution is 2.34. The quantitative estimate of drug-likeness (QED) is 0.830. The third-order valence-corrected chi connectivity index (χ3v) is 4.66. The van der Waals surface area contributed by atoms with Crippen LogP contribution in [-0.4, -0.2) is 29.6 Å². The lowest BCUT2D eigenvalue weighted by molar-refractivity contribution is 0.0703. The van der Waals surface area contributed by atoms with E-state index < -0.39 is 0 Å². The second-order valence-corrected chi connectivity index (χ2v) is 7.13. The lowest BCUT2D eigenvalue weighted by Gasteiger charge is -2.44. The molecule has 112 valence electrons. The van der Waals surface area contributed by atoms with Crippen LogP contribution >= 0.6 is 11.6 Å². The largest absolute Gasteiger partial charge is 0.329 e. The third kappa shape index (κ3) is 3.97. The molecule has 0 bridgehead atoms. The molecule has 0 aromatic heterocycles. The van der Waals surface area contributed by atoms with E-state index in [0.717, 1.165) is 17.4 Å².